The molecular formula is C35H54N6O6. The van der Waals surface area contributed by atoms with Crippen molar-refractivity contribution in [1.82, 2.24) is 9.80 Å². The quantitative estimate of drug-likeness (QED) is 0.115. The molecule has 0 atom stereocenters. The van der Waals surface area contributed by atoms with Gasteiger partial charge in [0, 0.05) is 50.6 Å². The summed E-state index contributed by atoms with van der Waals surface area (Å²) in [7, 11) is 0. The van der Waals surface area contributed by atoms with Gasteiger partial charge >= 0.3 is 11.9 Å². The Morgan fingerprint density at radius 2 is 1.00 bits per heavy atom. The van der Waals surface area contributed by atoms with E-state index in [1.54, 1.807) is 0 Å². The number of nitrogens with zero attached hydrogens (tertiary/aromatic N) is 6. The van der Waals surface area contributed by atoms with Gasteiger partial charge in [-0.05, 0) is 95.3 Å². The van der Waals surface area contributed by atoms with Gasteiger partial charge in [0.2, 0.25) is 0 Å². The van der Waals surface area contributed by atoms with Gasteiger partial charge in [-0.25, -0.2) is 0 Å². The molecule has 0 heterocycles. The molecule has 12 heteroatoms. The molecule has 2 aromatic carbocycles. The summed E-state index contributed by atoms with van der Waals surface area (Å²) >= 11 is 0. The molecule has 0 spiro atoms. The number of rotatable bonds is 26. The van der Waals surface area contributed by atoms with Crippen LogP contribution in [0.4, 0.5) is 22.7 Å². The summed E-state index contributed by atoms with van der Waals surface area (Å²) in [4.78, 5) is 41.5. The molecule has 0 aliphatic rings. The number of aliphatic imine (C=N–C) groups is 2. The van der Waals surface area contributed by atoms with Gasteiger partial charge in [0.25, 0.3) is 0 Å². The van der Waals surface area contributed by atoms with Crippen molar-refractivity contribution in [2.45, 2.75) is 33.1 Å². The normalized spacial score (nSPS) is 11.0. The van der Waals surface area contributed by atoms with E-state index in [1.807, 2.05) is 67.3 Å². The monoisotopic (exact) mass is 654 g/mol. The summed E-state index contributed by atoms with van der Waals surface area (Å²) in [6.07, 6.45) is 1.15. The third-order valence-corrected chi connectivity index (χ3v) is 7.85. The van der Waals surface area contributed by atoms with Crippen LogP contribution in [0.3, 0.4) is 0 Å². The number of benzene rings is 2. The van der Waals surface area contributed by atoms with Gasteiger partial charge in [-0.2, -0.15) is 0 Å². The number of carbonyl (C=O) groups excluding carboxylic acids is 2. The van der Waals surface area contributed by atoms with Crippen molar-refractivity contribution in [1.29, 1.82) is 0 Å². The molecule has 0 amide bonds. The standard InChI is InChI=1S/C35H54N6O6/c1-5-40(32-12-8-30(36-3)9-13-32)24-28-46-34(44)16-20-38(18-7-19-39(22-26-42)23-27-43)21-17-35(45)47-29-25-41(6-2)33-14-10-31(37-4)11-15-33/h8-15,42-43H,3-7,16-29H2,1-2H3. The van der Waals surface area contributed by atoms with Gasteiger partial charge in [0.15, 0.2) is 0 Å². The number of hydrogen-bond acceptors (Lipinski definition) is 12. The lowest BCUT2D eigenvalue weighted by molar-refractivity contribution is -0.143. The van der Waals surface area contributed by atoms with E-state index in [-0.39, 0.29) is 51.2 Å². The molecule has 0 radical (unpaired) electrons. The van der Waals surface area contributed by atoms with Crippen LogP contribution in [0.2, 0.25) is 0 Å². The predicted molar refractivity (Wildman–Crippen MR) is 190 cm³/mol. The lowest BCUT2D eigenvalue weighted by Crippen LogP contribution is -2.35. The highest BCUT2D eigenvalue weighted by Gasteiger charge is 2.15. The Kier molecular flexibility index (Phi) is 19.6. The molecule has 2 N–H and O–H groups in total. The van der Waals surface area contributed by atoms with Crippen molar-refractivity contribution >= 4 is 48.1 Å². The fourth-order valence-electron chi connectivity index (χ4n) is 5.13. The Morgan fingerprint density at radius 3 is 1.34 bits per heavy atom. The average Bonchev–Trinajstić information content (AvgIpc) is 3.09. The Bertz CT molecular complexity index is 1090. The van der Waals surface area contributed by atoms with E-state index in [9.17, 15) is 19.8 Å². The van der Waals surface area contributed by atoms with E-state index < -0.39 is 0 Å². The van der Waals surface area contributed by atoms with Gasteiger partial charge < -0.3 is 34.4 Å². The SMILES string of the molecule is C=Nc1ccc(N(CC)CCOC(=O)CCN(CCCN(CCO)CCO)CCC(=O)OCCN(CC)c2ccc(N=C)cc2)cc1. The maximum absolute atomic E-state index is 12.7. The smallest absolute Gasteiger partial charge is 0.307 e. The maximum Gasteiger partial charge on any atom is 0.307 e. The Labute approximate surface area is 280 Å². The Morgan fingerprint density at radius 1 is 0.617 bits per heavy atom. The number of likely N-dealkylation sites (N-methyl/N-ethyl adjacent to an activating group) is 2. The van der Waals surface area contributed by atoms with E-state index >= 15 is 0 Å². The molecule has 0 aliphatic carbocycles. The van der Waals surface area contributed by atoms with Gasteiger partial charge in [-0.1, -0.05) is 0 Å². The summed E-state index contributed by atoms with van der Waals surface area (Å²) in [6, 6.07) is 15.5. The van der Waals surface area contributed by atoms with Crippen molar-refractivity contribution in [2.24, 2.45) is 9.98 Å². The van der Waals surface area contributed by atoms with E-state index in [0.717, 1.165) is 42.3 Å². The highest BCUT2D eigenvalue weighted by Crippen LogP contribution is 2.20. The predicted octanol–water partition coefficient (Wildman–Crippen LogP) is 3.55. The van der Waals surface area contributed by atoms with Crippen LogP contribution in [-0.4, -0.2) is 137 Å². The number of hydrogen-bond donors (Lipinski definition) is 2. The maximum atomic E-state index is 12.7. The molecule has 0 saturated carbocycles. The molecule has 0 aliphatic heterocycles. The van der Waals surface area contributed by atoms with Gasteiger partial charge in [-0.3, -0.25) is 24.5 Å². The number of carbonyl (C=O) groups is 2. The molecule has 0 unspecified atom stereocenters. The molecular weight excluding hydrogens is 600 g/mol. The topological polar surface area (TPSA) is 131 Å². The van der Waals surface area contributed by atoms with Crippen LogP contribution in [-0.2, 0) is 19.1 Å². The lowest BCUT2D eigenvalue weighted by atomic mass is 10.2. The third kappa shape index (κ3) is 15.5. The van der Waals surface area contributed by atoms with Gasteiger partial charge in [0.05, 0.1) is 50.5 Å². The third-order valence-electron chi connectivity index (χ3n) is 7.85. The zero-order chi connectivity index (χ0) is 34.3. The summed E-state index contributed by atoms with van der Waals surface area (Å²) in [5, 5.41) is 18.6. The Balaban J connectivity index is 1.84. The second kappa shape index (κ2) is 23.5. The molecule has 0 fully saturated rings. The van der Waals surface area contributed by atoms with E-state index in [2.05, 4.69) is 38.1 Å². The van der Waals surface area contributed by atoms with Crippen molar-refractivity contribution in [3.8, 4) is 0 Å². The average molecular weight is 655 g/mol. The minimum Gasteiger partial charge on any atom is -0.464 e. The molecule has 12 nitrogen and oxygen atoms in total. The molecule has 0 saturated heterocycles. The highest BCUT2D eigenvalue weighted by atomic mass is 16.5. The number of aliphatic hydroxyl groups is 2. The summed E-state index contributed by atoms with van der Waals surface area (Å²) in [6.45, 7) is 17.6. The molecule has 2 rings (SSSR count). The van der Waals surface area contributed by atoms with Crippen LogP contribution in [0.1, 0.15) is 33.1 Å². The zero-order valence-corrected chi connectivity index (χ0v) is 28.3. The van der Waals surface area contributed by atoms with Crippen molar-refractivity contribution < 1.29 is 29.3 Å². The second-order valence-corrected chi connectivity index (χ2v) is 10.9. The number of ether oxygens (including phenoxy) is 2. The minimum absolute atomic E-state index is 0.0149. The number of aliphatic hydroxyl groups excluding tert-OH is 2. The van der Waals surface area contributed by atoms with Gasteiger partial charge in [-0.15, -0.1) is 0 Å². The fourth-order valence-corrected chi connectivity index (χ4v) is 5.13. The first kappa shape index (κ1) is 39.3. The number of esters is 2. The van der Waals surface area contributed by atoms with E-state index in [1.165, 1.54) is 0 Å². The molecule has 47 heavy (non-hydrogen) atoms. The van der Waals surface area contributed by atoms with Crippen LogP contribution in [0.25, 0.3) is 0 Å². The summed E-state index contributed by atoms with van der Waals surface area (Å²) in [5.74, 6) is -0.586. The van der Waals surface area contributed by atoms with Crippen LogP contribution in [0.5, 0.6) is 0 Å². The van der Waals surface area contributed by atoms with Crippen LogP contribution >= 0.6 is 0 Å². The minimum atomic E-state index is -0.293. The molecule has 0 bridgehead atoms. The zero-order valence-electron chi connectivity index (χ0n) is 28.3. The largest absolute Gasteiger partial charge is 0.464 e. The molecule has 260 valence electrons. The highest BCUT2D eigenvalue weighted by molar-refractivity contribution is 5.70. The van der Waals surface area contributed by atoms with E-state index in [4.69, 9.17) is 9.47 Å². The first-order valence-corrected chi connectivity index (χ1v) is 16.5. The Hall–Kier alpha value is -3.84. The van der Waals surface area contributed by atoms with Crippen LogP contribution in [0, 0.1) is 0 Å². The van der Waals surface area contributed by atoms with Crippen LogP contribution in [0.15, 0.2) is 58.5 Å². The van der Waals surface area contributed by atoms with E-state index in [0.29, 0.717) is 52.4 Å². The summed E-state index contributed by atoms with van der Waals surface area (Å²) in [5.41, 5.74) is 3.64. The van der Waals surface area contributed by atoms with Gasteiger partial charge in [0.1, 0.15) is 13.2 Å². The summed E-state index contributed by atoms with van der Waals surface area (Å²) < 4.78 is 11.1. The van der Waals surface area contributed by atoms with Crippen molar-refractivity contribution in [3.05, 3.63) is 48.5 Å². The number of anilines is 2. The first-order valence-electron chi connectivity index (χ1n) is 16.5. The van der Waals surface area contributed by atoms with Crippen molar-refractivity contribution in [3.63, 3.8) is 0 Å². The first-order chi connectivity index (χ1) is 22.9. The molecule has 2 aromatic rings. The fraction of sp³-hybridized carbons (Fsp3) is 0.543. The second-order valence-electron chi connectivity index (χ2n) is 10.9. The van der Waals surface area contributed by atoms with Crippen LogP contribution < -0.4 is 9.80 Å². The molecule has 0 aromatic heterocycles. The lowest BCUT2D eigenvalue weighted by Gasteiger charge is -2.25. The van der Waals surface area contributed by atoms with Crippen molar-refractivity contribution in [2.75, 3.05) is 102 Å².